The second-order valence-electron chi connectivity index (χ2n) is 5.57. The average molecular weight is 344 g/mol. The Morgan fingerprint density at radius 2 is 2.08 bits per heavy atom. The number of benzene rings is 1. The van der Waals surface area contributed by atoms with E-state index >= 15 is 0 Å². The Bertz CT molecular complexity index is 729. The number of carbonyl (C=O) groups excluding carboxylic acids is 2. The van der Waals surface area contributed by atoms with Crippen LogP contribution in [0.25, 0.3) is 0 Å². The maximum Gasteiger partial charge on any atom is 0.318 e. The largest absolute Gasteiger partial charge is 0.362 e. The van der Waals surface area contributed by atoms with Crippen LogP contribution < -0.4 is 10.6 Å². The highest BCUT2D eigenvalue weighted by atomic mass is 32.1. The van der Waals surface area contributed by atoms with Crippen molar-refractivity contribution in [3.05, 3.63) is 46.5 Å². The monoisotopic (exact) mass is 344 g/mol. The molecule has 1 aromatic heterocycles. The molecule has 3 rings (SSSR count). The zero-order valence-corrected chi connectivity index (χ0v) is 14.4. The van der Waals surface area contributed by atoms with Crippen LogP contribution in [0.4, 0.5) is 9.93 Å². The van der Waals surface area contributed by atoms with Crippen molar-refractivity contribution < 1.29 is 9.59 Å². The fraction of sp³-hybridized carbons (Fsp3) is 0.353. The van der Waals surface area contributed by atoms with Gasteiger partial charge in [0, 0.05) is 13.1 Å². The van der Waals surface area contributed by atoms with E-state index < -0.39 is 0 Å². The highest BCUT2D eigenvalue weighted by molar-refractivity contribution is 7.17. The summed E-state index contributed by atoms with van der Waals surface area (Å²) < 4.78 is 0. The number of carbonyl (C=O) groups is 2. The quantitative estimate of drug-likeness (QED) is 0.874. The molecule has 6 nitrogen and oxygen atoms in total. The van der Waals surface area contributed by atoms with Gasteiger partial charge in [-0.05, 0) is 18.9 Å². The van der Waals surface area contributed by atoms with Gasteiger partial charge >= 0.3 is 6.03 Å². The smallest absolute Gasteiger partial charge is 0.318 e. The van der Waals surface area contributed by atoms with Crippen molar-refractivity contribution in [3.8, 4) is 0 Å². The fourth-order valence-electron chi connectivity index (χ4n) is 2.60. The number of fused-ring (bicyclic) bond motifs is 1. The van der Waals surface area contributed by atoms with Crippen LogP contribution in [0.1, 0.15) is 27.9 Å². The molecular weight excluding hydrogens is 324 g/mol. The summed E-state index contributed by atoms with van der Waals surface area (Å²) in [6.07, 6.45) is 0.765. The zero-order chi connectivity index (χ0) is 16.9. The third kappa shape index (κ3) is 3.73. The van der Waals surface area contributed by atoms with Gasteiger partial charge < -0.3 is 15.5 Å². The number of Topliss-reactive ketones (excluding diaryl/α,β-unsaturated/α-hetero) is 1. The first-order chi connectivity index (χ1) is 11.7. The number of anilines is 1. The van der Waals surface area contributed by atoms with Gasteiger partial charge in [0.2, 0.25) is 0 Å². The van der Waals surface area contributed by atoms with Gasteiger partial charge in [-0.1, -0.05) is 41.7 Å². The van der Waals surface area contributed by atoms with Crippen molar-refractivity contribution in [3.63, 3.8) is 0 Å². The van der Waals surface area contributed by atoms with E-state index in [1.807, 2.05) is 37.3 Å². The van der Waals surface area contributed by atoms with Gasteiger partial charge in [0.15, 0.2) is 10.9 Å². The van der Waals surface area contributed by atoms with Crippen LogP contribution in [-0.4, -0.2) is 41.3 Å². The summed E-state index contributed by atoms with van der Waals surface area (Å²) in [6.45, 7) is 3.76. The number of hydrogen-bond donors (Lipinski definition) is 2. The molecular formula is C17H20N4O2S. The van der Waals surface area contributed by atoms with E-state index in [4.69, 9.17) is 0 Å². The Kier molecular flexibility index (Phi) is 5.10. The molecule has 2 heterocycles. The van der Waals surface area contributed by atoms with Gasteiger partial charge in [0.05, 0.1) is 23.7 Å². The maximum atomic E-state index is 12.3. The molecule has 0 aliphatic carbocycles. The van der Waals surface area contributed by atoms with Gasteiger partial charge in [-0.25, -0.2) is 9.78 Å². The molecule has 1 aliphatic heterocycles. The zero-order valence-electron chi connectivity index (χ0n) is 13.5. The van der Waals surface area contributed by atoms with Crippen LogP contribution in [-0.2, 0) is 13.0 Å². The number of amides is 2. The number of hydrogen-bond acceptors (Lipinski definition) is 5. The lowest BCUT2D eigenvalue weighted by Crippen LogP contribution is -2.45. The molecule has 0 saturated heterocycles. The van der Waals surface area contributed by atoms with Gasteiger partial charge in [-0.2, -0.15) is 0 Å². The van der Waals surface area contributed by atoms with E-state index in [9.17, 15) is 9.59 Å². The highest BCUT2D eigenvalue weighted by Crippen LogP contribution is 2.28. The molecule has 24 heavy (non-hydrogen) atoms. The summed E-state index contributed by atoms with van der Waals surface area (Å²) >= 11 is 1.37. The van der Waals surface area contributed by atoms with Gasteiger partial charge in [-0.15, -0.1) is 0 Å². The second-order valence-corrected chi connectivity index (χ2v) is 6.57. The molecule has 0 unspecified atom stereocenters. The summed E-state index contributed by atoms with van der Waals surface area (Å²) in [6, 6.07) is 9.76. The molecule has 1 aromatic carbocycles. The molecule has 7 heteroatoms. The minimum atomic E-state index is -0.220. The first-order valence-corrected chi connectivity index (χ1v) is 8.82. The average Bonchev–Trinajstić information content (AvgIpc) is 2.99. The Balaban J connectivity index is 1.57. The van der Waals surface area contributed by atoms with E-state index in [0.717, 1.165) is 18.1 Å². The summed E-state index contributed by atoms with van der Waals surface area (Å²) in [5.41, 5.74) is 1.86. The summed E-state index contributed by atoms with van der Waals surface area (Å²) in [7, 11) is 0. The highest BCUT2D eigenvalue weighted by Gasteiger charge is 2.29. The molecule has 2 aromatic rings. The van der Waals surface area contributed by atoms with Crippen LogP contribution in [0.5, 0.6) is 0 Å². The second kappa shape index (κ2) is 7.44. The Morgan fingerprint density at radius 1 is 1.29 bits per heavy atom. The summed E-state index contributed by atoms with van der Waals surface area (Å²) in [4.78, 5) is 31.1. The van der Waals surface area contributed by atoms with Crippen molar-refractivity contribution in [1.82, 2.24) is 15.2 Å². The number of nitrogens with one attached hydrogen (secondary N) is 2. The predicted molar refractivity (Wildman–Crippen MR) is 94.6 cm³/mol. The number of ketones is 1. The Labute approximate surface area is 144 Å². The Hall–Kier alpha value is -2.41. The molecule has 0 fully saturated rings. The lowest BCUT2D eigenvalue weighted by Gasteiger charge is -2.25. The first-order valence-electron chi connectivity index (χ1n) is 8.01. The molecule has 1 aliphatic rings. The third-order valence-corrected chi connectivity index (χ3v) is 4.87. The van der Waals surface area contributed by atoms with Crippen LogP contribution in [0.15, 0.2) is 30.3 Å². The van der Waals surface area contributed by atoms with Gasteiger partial charge in [0.25, 0.3) is 0 Å². The molecule has 126 valence electrons. The molecule has 0 spiro atoms. The molecule has 0 saturated carbocycles. The first kappa shape index (κ1) is 16.4. The van der Waals surface area contributed by atoms with Gasteiger partial charge in [0.1, 0.15) is 0 Å². The molecule has 2 amide bonds. The van der Waals surface area contributed by atoms with Gasteiger partial charge in [-0.3, -0.25) is 4.79 Å². The van der Waals surface area contributed by atoms with Crippen LogP contribution in [0.3, 0.4) is 0 Å². The number of aromatic nitrogens is 1. The summed E-state index contributed by atoms with van der Waals surface area (Å²) in [5.74, 6) is -0.0453. The normalized spacial score (nSPS) is 13.5. The van der Waals surface area contributed by atoms with Crippen molar-refractivity contribution in [2.24, 2.45) is 0 Å². The number of thiazole rings is 1. The van der Waals surface area contributed by atoms with E-state index in [0.29, 0.717) is 23.7 Å². The van der Waals surface area contributed by atoms with Crippen molar-refractivity contribution in [1.29, 1.82) is 0 Å². The predicted octanol–water partition coefficient (Wildman–Crippen LogP) is 2.53. The van der Waals surface area contributed by atoms with Crippen molar-refractivity contribution in [2.45, 2.75) is 19.9 Å². The van der Waals surface area contributed by atoms with Crippen molar-refractivity contribution >= 4 is 28.3 Å². The number of urea groups is 1. The lowest BCUT2D eigenvalue weighted by atomic mass is 10.1. The van der Waals surface area contributed by atoms with E-state index in [2.05, 4.69) is 15.6 Å². The SMILES string of the molecule is CCNc1nc2c(s1)C(=O)CN(C(=O)NCCc1ccccc1)C2. The molecule has 0 atom stereocenters. The minimum Gasteiger partial charge on any atom is -0.362 e. The van der Waals surface area contributed by atoms with E-state index in [1.165, 1.54) is 21.8 Å². The lowest BCUT2D eigenvalue weighted by molar-refractivity contribution is 0.0922. The topological polar surface area (TPSA) is 74.3 Å². The third-order valence-electron chi connectivity index (χ3n) is 3.77. The van der Waals surface area contributed by atoms with Crippen molar-refractivity contribution in [2.75, 3.05) is 25.0 Å². The van der Waals surface area contributed by atoms with Crippen LogP contribution in [0, 0.1) is 0 Å². The van der Waals surface area contributed by atoms with Crippen LogP contribution >= 0.6 is 11.3 Å². The summed E-state index contributed by atoms with van der Waals surface area (Å²) in [5, 5.41) is 6.73. The molecule has 0 radical (unpaired) electrons. The van der Waals surface area contributed by atoms with Crippen LogP contribution in [0.2, 0.25) is 0 Å². The number of nitrogens with zero attached hydrogens (tertiary/aromatic N) is 2. The standard InChI is InChI=1S/C17H20N4O2S/c1-2-18-16-20-13-10-21(11-14(22)15(13)24-16)17(23)19-9-8-12-6-4-3-5-7-12/h3-7H,2,8-11H2,1H3,(H,18,20)(H,19,23). The minimum absolute atomic E-state index is 0.0453. The maximum absolute atomic E-state index is 12.3. The Morgan fingerprint density at radius 3 is 2.83 bits per heavy atom. The van der Waals surface area contributed by atoms with E-state index in [1.54, 1.807) is 0 Å². The van der Waals surface area contributed by atoms with E-state index in [-0.39, 0.29) is 18.4 Å². The number of rotatable bonds is 5. The fourth-order valence-corrected chi connectivity index (χ4v) is 3.57. The molecule has 2 N–H and O–H groups in total. The molecule has 0 bridgehead atoms.